The molecule has 20 heavy (non-hydrogen) atoms. The van der Waals surface area contributed by atoms with E-state index in [-0.39, 0.29) is 11.0 Å². The van der Waals surface area contributed by atoms with Crippen molar-refractivity contribution in [3.05, 3.63) is 35.4 Å². The van der Waals surface area contributed by atoms with Gasteiger partial charge in [0.1, 0.15) is 11.6 Å². The van der Waals surface area contributed by atoms with Gasteiger partial charge < -0.3 is 10.1 Å². The van der Waals surface area contributed by atoms with Gasteiger partial charge in [0.15, 0.2) is 0 Å². The van der Waals surface area contributed by atoms with Gasteiger partial charge in [-0.3, -0.25) is 0 Å². The van der Waals surface area contributed by atoms with Crippen LogP contribution in [0.4, 0.5) is 8.78 Å². The third kappa shape index (κ3) is 4.00. The highest BCUT2D eigenvalue weighted by molar-refractivity contribution is 5.20. The largest absolute Gasteiger partial charge is 0.381 e. The minimum absolute atomic E-state index is 0.0108. The number of nitrogens with one attached hydrogen (secondary N) is 1. The molecule has 1 N–H and O–H groups in total. The molecule has 0 amide bonds. The van der Waals surface area contributed by atoms with Crippen LogP contribution in [0.2, 0.25) is 0 Å². The first kappa shape index (κ1) is 15.4. The lowest BCUT2D eigenvalue weighted by atomic mass is 9.80. The zero-order chi connectivity index (χ0) is 14.8. The zero-order valence-electron chi connectivity index (χ0n) is 12.4. The molecule has 1 aliphatic rings. The van der Waals surface area contributed by atoms with Crippen molar-refractivity contribution < 1.29 is 13.5 Å². The monoisotopic (exact) mass is 283 g/mol. The van der Waals surface area contributed by atoms with E-state index in [1.165, 1.54) is 6.07 Å². The van der Waals surface area contributed by atoms with Crippen LogP contribution in [-0.4, -0.2) is 25.3 Å². The first-order valence-electron chi connectivity index (χ1n) is 7.06. The van der Waals surface area contributed by atoms with Crippen LogP contribution in [0.1, 0.15) is 32.8 Å². The van der Waals surface area contributed by atoms with Gasteiger partial charge in [-0.25, -0.2) is 8.78 Å². The van der Waals surface area contributed by atoms with Crippen LogP contribution < -0.4 is 5.32 Å². The molecule has 1 fully saturated rings. The molecule has 1 heterocycles. The Morgan fingerprint density at radius 3 is 2.60 bits per heavy atom. The second-order valence-corrected chi connectivity index (χ2v) is 6.82. The van der Waals surface area contributed by atoms with Gasteiger partial charge in [-0.15, -0.1) is 0 Å². The fourth-order valence-electron chi connectivity index (χ4n) is 2.51. The molecule has 112 valence electrons. The predicted molar refractivity (Wildman–Crippen MR) is 75.7 cm³/mol. The molecule has 4 heteroatoms. The lowest BCUT2D eigenvalue weighted by Crippen LogP contribution is -2.45. The Balaban J connectivity index is 2.12. The van der Waals surface area contributed by atoms with E-state index >= 15 is 0 Å². The summed E-state index contributed by atoms with van der Waals surface area (Å²) in [4.78, 5) is 0. The molecule has 2 nitrogen and oxygen atoms in total. The molecule has 1 atom stereocenters. The van der Waals surface area contributed by atoms with Crippen LogP contribution in [0.25, 0.3) is 0 Å². The van der Waals surface area contributed by atoms with E-state index in [9.17, 15) is 8.78 Å². The minimum Gasteiger partial charge on any atom is -0.381 e. The average Bonchev–Trinajstić information content (AvgIpc) is 2.79. The summed E-state index contributed by atoms with van der Waals surface area (Å²) in [5.41, 5.74) is 0.468. The van der Waals surface area contributed by atoms with Gasteiger partial charge in [-0.1, -0.05) is 6.07 Å². The van der Waals surface area contributed by atoms with E-state index in [1.807, 2.05) is 0 Å². The van der Waals surface area contributed by atoms with Gasteiger partial charge in [-0.05, 0) is 45.2 Å². The highest BCUT2D eigenvalue weighted by Crippen LogP contribution is 2.33. The van der Waals surface area contributed by atoms with Gasteiger partial charge in [-0.2, -0.15) is 0 Å². The molecule has 0 radical (unpaired) electrons. The van der Waals surface area contributed by atoms with Crippen molar-refractivity contribution >= 4 is 0 Å². The smallest absolute Gasteiger partial charge is 0.129 e. The van der Waals surface area contributed by atoms with Crippen molar-refractivity contribution in [3.63, 3.8) is 0 Å². The molecule has 1 unspecified atom stereocenters. The molecule has 0 aliphatic carbocycles. The average molecular weight is 283 g/mol. The van der Waals surface area contributed by atoms with Gasteiger partial charge in [0.05, 0.1) is 6.61 Å². The maximum Gasteiger partial charge on any atom is 0.129 e. The summed E-state index contributed by atoms with van der Waals surface area (Å²) in [6, 6.07) is 3.82. The van der Waals surface area contributed by atoms with Crippen LogP contribution in [0, 0.1) is 17.0 Å². The van der Waals surface area contributed by atoms with Gasteiger partial charge >= 0.3 is 0 Å². The first-order chi connectivity index (χ1) is 9.30. The predicted octanol–water partition coefficient (Wildman–Crippen LogP) is 3.30. The van der Waals surface area contributed by atoms with E-state index in [0.29, 0.717) is 25.2 Å². The van der Waals surface area contributed by atoms with E-state index in [2.05, 4.69) is 26.1 Å². The van der Waals surface area contributed by atoms with Crippen molar-refractivity contribution in [2.24, 2.45) is 5.41 Å². The summed E-state index contributed by atoms with van der Waals surface area (Å²) < 4.78 is 32.4. The fraction of sp³-hybridized carbons (Fsp3) is 0.625. The van der Waals surface area contributed by atoms with Gasteiger partial charge in [0, 0.05) is 30.2 Å². The van der Waals surface area contributed by atoms with Crippen molar-refractivity contribution in [3.8, 4) is 0 Å². The molecule has 0 bridgehead atoms. The Bertz CT molecular complexity index is 462. The second-order valence-electron chi connectivity index (χ2n) is 6.82. The summed E-state index contributed by atoms with van der Waals surface area (Å²) in [6.07, 6.45) is 1.47. The maximum atomic E-state index is 13.8. The van der Waals surface area contributed by atoms with E-state index in [0.717, 1.165) is 19.0 Å². The van der Waals surface area contributed by atoms with Crippen molar-refractivity contribution in [1.29, 1.82) is 0 Å². The normalized spacial score (nSPS) is 23.2. The summed E-state index contributed by atoms with van der Waals surface area (Å²) in [7, 11) is 0. The standard InChI is InChI=1S/C16H23F2NO/c1-15(2,3)19-10-16(6-7-20-11-16)9-12-4-5-13(17)8-14(12)18/h4-5,8,19H,6-7,9-11H2,1-3H3. The molecule has 2 rings (SSSR count). The molecule has 1 aliphatic heterocycles. The van der Waals surface area contributed by atoms with E-state index < -0.39 is 11.6 Å². The summed E-state index contributed by atoms with van der Waals surface area (Å²) in [5.74, 6) is -0.997. The quantitative estimate of drug-likeness (QED) is 0.915. The molecule has 0 aromatic heterocycles. The zero-order valence-corrected chi connectivity index (χ0v) is 12.4. The number of hydrogen-bond donors (Lipinski definition) is 1. The molecular formula is C16H23F2NO. The van der Waals surface area contributed by atoms with Gasteiger partial charge in [0.2, 0.25) is 0 Å². The fourth-order valence-corrected chi connectivity index (χ4v) is 2.51. The van der Waals surface area contributed by atoms with Crippen LogP contribution in [0.3, 0.4) is 0 Å². The second kappa shape index (κ2) is 5.78. The van der Waals surface area contributed by atoms with Crippen LogP contribution in [-0.2, 0) is 11.2 Å². The van der Waals surface area contributed by atoms with E-state index in [4.69, 9.17) is 4.74 Å². The minimum atomic E-state index is -0.532. The summed E-state index contributed by atoms with van der Waals surface area (Å²) >= 11 is 0. The molecule has 0 saturated carbocycles. The van der Waals surface area contributed by atoms with E-state index in [1.54, 1.807) is 6.07 Å². The number of ether oxygens (including phenoxy) is 1. The van der Waals surface area contributed by atoms with Crippen LogP contribution >= 0.6 is 0 Å². The maximum absolute atomic E-state index is 13.8. The Labute approximate surface area is 119 Å². The number of rotatable bonds is 4. The lowest BCUT2D eigenvalue weighted by molar-refractivity contribution is 0.143. The van der Waals surface area contributed by atoms with Crippen LogP contribution in [0.5, 0.6) is 0 Å². The Morgan fingerprint density at radius 2 is 2.05 bits per heavy atom. The lowest BCUT2D eigenvalue weighted by Gasteiger charge is -2.32. The highest BCUT2D eigenvalue weighted by Gasteiger charge is 2.36. The third-order valence-corrected chi connectivity index (χ3v) is 3.76. The number of benzene rings is 1. The SMILES string of the molecule is CC(C)(C)NCC1(Cc2ccc(F)cc2F)CCOC1. The van der Waals surface area contributed by atoms with Crippen molar-refractivity contribution in [2.75, 3.05) is 19.8 Å². The van der Waals surface area contributed by atoms with Crippen molar-refractivity contribution in [2.45, 2.75) is 39.2 Å². The van der Waals surface area contributed by atoms with Crippen LogP contribution in [0.15, 0.2) is 18.2 Å². The highest BCUT2D eigenvalue weighted by atomic mass is 19.1. The third-order valence-electron chi connectivity index (χ3n) is 3.76. The Morgan fingerprint density at radius 1 is 1.30 bits per heavy atom. The molecule has 1 aromatic carbocycles. The molecule has 1 aromatic rings. The first-order valence-corrected chi connectivity index (χ1v) is 7.06. The molecular weight excluding hydrogens is 260 g/mol. The Kier molecular flexibility index (Phi) is 4.45. The topological polar surface area (TPSA) is 21.3 Å². The summed E-state index contributed by atoms with van der Waals surface area (Å²) in [6.45, 7) is 8.41. The number of hydrogen-bond acceptors (Lipinski definition) is 2. The van der Waals surface area contributed by atoms with Crippen molar-refractivity contribution in [1.82, 2.24) is 5.32 Å². The number of halogens is 2. The molecule has 0 spiro atoms. The van der Waals surface area contributed by atoms with Gasteiger partial charge in [0.25, 0.3) is 0 Å². The Hall–Kier alpha value is -1.00. The molecule has 1 saturated heterocycles. The summed E-state index contributed by atoms with van der Waals surface area (Å²) in [5, 5.41) is 3.48.